The minimum atomic E-state index is 0.0581. The van der Waals surface area contributed by atoms with Gasteiger partial charge in [-0.2, -0.15) is 0 Å². The van der Waals surface area contributed by atoms with E-state index < -0.39 is 0 Å². The maximum Gasteiger partial charge on any atom is 0.220 e. The zero-order valence-corrected chi connectivity index (χ0v) is 13.1. The number of likely N-dealkylation sites (tertiary alicyclic amines) is 1. The third kappa shape index (κ3) is 2.86. The first-order chi connectivity index (χ1) is 10.7. The zero-order valence-electron chi connectivity index (χ0n) is 13.1. The van der Waals surface area contributed by atoms with Gasteiger partial charge >= 0.3 is 0 Å². The number of hydrogen-bond donors (Lipinski definition) is 0. The molecule has 1 aliphatic rings. The van der Waals surface area contributed by atoms with Gasteiger partial charge < -0.3 is 4.90 Å². The molecule has 3 rings (SSSR count). The summed E-state index contributed by atoms with van der Waals surface area (Å²) in [5, 5.41) is 0. The summed E-state index contributed by atoms with van der Waals surface area (Å²) in [4.78, 5) is 23.0. The molecule has 0 N–H and O–H groups in total. The number of aryl methyl sites for hydroxylation is 1. The maximum atomic E-state index is 11.9. The van der Waals surface area contributed by atoms with Crippen molar-refractivity contribution in [3.63, 3.8) is 0 Å². The van der Waals surface area contributed by atoms with Crippen LogP contribution < -0.4 is 0 Å². The van der Waals surface area contributed by atoms with Crippen LogP contribution in [0.25, 0.3) is 11.3 Å². The van der Waals surface area contributed by atoms with Crippen LogP contribution in [-0.2, 0) is 4.79 Å². The lowest BCUT2D eigenvalue weighted by atomic mass is 9.99. The van der Waals surface area contributed by atoms with Crippen LogP contribution in [0.4, 0.5) is 0 Å². The molecule has 0 unspecified atom stereocenters. The molecule has 0 aliphatic carbocycles. The first-order valence-corrected chi connectivity index (χ1v) is 7.82. The third-order valence-electron chi connectivity index (χ3n) is 4.32. The van der Waals surface area contributed by atoms with E-state index in [4.69, 9.17) is 4.98 Å². The molecule has 1 fully saturated rings. The van der Waals surface area contributed by atoms with Crippen LogP contribution in [0.2, 0.25) is 0 Å². The fourth-order valence-corrected chi connectivity index (χ4v) is 3.15. The molecule has 1 atom stereocenters. The molecule has 1 amide bonds. The molecule has 4 heteroatoms. The lowest BCUT2D eigenvalue weighted by Gasteiger charge is -2.34. The van der Waals surface area contributed by atoms with Crippen molar-refractivity contribution in [1.29, 1.82) is 0 Å². The molecule has 2 heterocycles. The SMILES string of the molecule is CC(=O)N1CCCC[C@H]1c1cncc(-c2ccccc2C)n1. The summed E-state index contributed by atoms with van der Waals surface area (Å²) < 4.78 is 0. The number of rotatable bonds is 2. The number of carbonyl (C=O) groups is 1. The predicted molar refractivity (Wildman–Crippen MR) is 86.2 cm³/mol. The number of carbonyl (C=O) groups excluding carboxylic acids is 1. The van der Waals surface area contributed by atoms with Crippen molar-refractivity contribution in [2.45, 2.75) is 39.2 Å². The van der Waals surface area contributed by atoms with E-state index in [0.717, 1.165) is 42.8 Å². The maximum absolute atomic E-state index is 11.9. The van der Waals surface area contributed by atoms with Gasteiger partial charge in [-0.25, -0.2) is 4.98 Å². The molecular weight excluding hydrogens is 274 g/mol. The predicted octanol–water partition coefficient (Wildman–Crippen LogP) is 3.53. The van der Waals surface area contributed by atoms with E-state index in [1.54, 1.807) is 19.3 Å². The number of nitrogens with zero attached hydrogens (tertiary/aromatic N) is 3. The molecule has 1 aromatic carbocycles. The normalized spacial score (nSPS) is 18.3. The van der Waals surface area contributed by atoms with Gasteiger partial charge in [0.15, 0.2) is 0 Å². The standard InChI is InChI=1S/C18H21N3O/c1-13-7-3-4-8-15(13)16-11-19-12-17(20-16)18-9-5-6-10-21(18)14(2)22/h3-4,7-8,11-12,18H,5-6,9-10H2,1-2H3/t18-/m0/s1. The van der Waals surface area contributed by atoms with Gasteiger partial charge in [0.05, 0.1) is 29.8 Å². The molecule has 22 heavy (non-hydrogen) atoms. The fraction of sp³-hybridized carbons (Fsp3) is 0.389. The van der Waals surface area contributed by atoms with E-state index >= 15 is 0 Å². The van der Waals surface area contributed by atoms with Crippen molar-refractivity contribution >= 4 is 5.91 Å². The van der Waals surface area contributed by atoms with E-state index in [-0.39, 0.29) is 11.9 Å². The Morgan fingerprint density at radius 1 is 1.23 bits per heavy atom. The van der Waals surface area contributed by atoms with Crippen LogP contribution in [0.15, 0.2) is 36.7 Å². The van der Waals surface area contributed by atoms with Crippen molar-refractivity contribution in [2.75, 3.05) is 6.54 Å². The van der Waals surface area contributed by atoms with Crippen LogP contribution in [0.1, 0.15) is 43.5 Å². The summed E-state index contributed by atoms with van der Waals surface area (Å²) in [5.41, 5.74) is 4.06. The highest BCUT2D eigenvalue weighted by Gasteiger charge is 2.27. The lowest BCUT2D eigenvalue weighted by molar-refractivity contribution is -0.132. The van der Waals surface area contributed by atoms with Gasteiger partial charge in [-0.1, -0.05) is 24.3 Å². The average molecular weight is 295 g/mol. The van der Waals surface area contributed by atoms with Crippen molar-refractivity contribution in [3.8, 4) is 11.3 Å². The quantitative estimate of drug-likeness (QED) is 0.851. The van der Waals surface area contributed by atoms with Gasteiger partial charge in [0.1, 0.15) is 0 Å². The molecule has 0 bridgehead atoms. The van der Waals surface area contributed by atoms with Gasteiger partial charge in [0.2, 0.25) is 5.91 Å². The number of piperidine rings is 1. The molecule has 0 saturated carbocycles. The topological polar surface area (TPSA) is 46.1 Å². The second-order valence-corrected chi connectivity index (χ2v) is 5.87. The van der Waals surface area contributed by atoms with Crippen LogP contribution in [-0.4, -0.2) is 27.3 Å². The molecule has 1 aromatic heterocycles. The fourth-order valence-electron chi connectivity index (χ4n) is 3.15. The smallest absolute Gasteiger partial charge is 0.220 e. The van der Waals surface area contributed by atoms with Gasteiger partial charge in [-0.15, -0.1) is 0 Å². The molecule has 4 nitrogen and oxygen atoms in total. The Morgan fingerprint density at radius 3 is 2.82 bits per heavy atom. The summed E-state index contributed by atoms with van der Waals surface area (Å²) in [5.74, 6) is 0.118. The highest BCUT2D eigenvalue weighted by Crippen LogP contribution is 2.31. The summed E-state index contributed by atoms with van der Waals surface area (Å²) in [6, 6.07) is 8.23. The second kappa shape index (κ2) is 6.26. The summed E-state index contributed by atoms with van der Waals surface area (Å²) in [6.45, 7) is 4.53. The first kappa shape index (κ1) is 14.7. The second-order valence-electron chi connectivity index (χ2n) is 5.87. The van der Waals surface area contributed by atoms with Crippen LogP contribution in [0.5, 0.6) is 0 Å². The highest BCUT2D eigenvalue weighted by molar-refractivity contribution is 5.74. The Bertz CT molecular complexity index is 684. The van der Waals surface area contributed by atoms with E-state index in [1.165, 1.54) is 5.56 Å². The summed E-state index contributed by atoms with van der Waals surface area (Å²) in [7, 11) is 0. The van der Waals surface area contributed by atoms with Crippen molar-refractivity contribution in [1.82, 2.24) is 14.9 Å². The molecule has 1 saturated heterocycles. The van der Waals surface area contributed by atoms with E-state index in [2.05, 4.69) is 24.0 Å². The van der Waals surface area contributed by atoms with Crippen LogP contribution in [0.3, 0.4) is 0 Å². The Morgan fingerprint density at radius 2 is 2.05 bits per heavy atom. The van der Waals surface area contributed by atoms with Gasteiger partial charge in [-0.05, 0) is 31.7 Å². The monoisotopic (exact) mass is 295 g/mol. The highest BCUT2D eigenvalue weighted by atomic mass is 16.2. The average Bonchev–Trinajstić information content (AvgIpc) is 2.55. The first-order valence-electron chi connectivity index (χ1n) is 7.82. The third-order valence-corrected chi connectivity index (χ3v) is 4.32. The Kier molecular flexibility index (Phi) is 4.18. The van der Waals surface area contributed by atoms with E-state index in [1.807, 2.05) is 17.0 Å². The minimum absolute atomic E-state index is 0.0581. The van der Waals surface area contributed by atoms with Crippen molar-refractivity contribution < 1.29 is 4.79 Å². The summed E-state index contributed by atoms with van der Waals surface area (Å²) >= 11 is 0. The number of aromatic nitrogens is 2. The largest absolute Gasteiger partial charge is 0.334 e. The Labute approximate surface area is 131 Å². The number of hydrogen-bond acceptors (Lipinski definition) is 3. The molecule has 1 aliphatic heterocycles. The van der Waals surface area contributed by atoms with E-state index in [0.29, 0.717) is 0 Å². The molecule has 2 aromatic rings. The van der Waals surface area contributed by atoms with Gasteiger partial charge in [0.25, 0.3) is 0 Å². The molecule has 114 valence electrons. The lowest BCUT2D eigenvalue weighted by Crippen LogP contribution is -2.37. The van der Waals surface area contributed by atoms with Crippen LogP contribution >= 0.6 is 0 Å². The minimum Gasteiger partial charge on any atom is -0.334 e. The van der Waals surface area contributed by atoms with Crippen molar-refractivity contribution in [2.24, 2.45) is 0 Å². The van der Waals surface area contributed by atoms with E-state index in [9.17, 15) is 4.79 Å². The van der Waals surface area contributed by atoms with Gasteiger partial charge in [-0.3, -0.25) is 9.78 Å². The number of amides is 1. The van der Waals surface area contributed by atoms with Gasteiger partial charge in [0, 0.05) is 19.0 Å². The van der Waals surface area contributed by atoms with Crippen LogP contribution in [0, 0.1) is 6.92 Å². The molecule has 0 radical (unpaired) electrons. The Hall–Kier alpha value is -2.23. The Balaban J connectivity index is 1.97. The molecule has 0 spiro atoms. The number of benzene rings is 1. The van der Waals surface area contributed by atoms with Crippen molar-refractivity contribution in [3.05, 3.63) is 47.9 Å². The zero-order chi connectivity index (χ0) is 15.5. The molecular formula is C18H21N3O. The summed E-state index contributed by atoms with van der Waals surface area (Å²) in [6.07, 6.45) is 6.76.